The standard InChI is InChI=1S/C8H9BrN2O2/c1-6-7(9)8(13)11(5-10-6)3-2-4-12/h4-5H,2-3H2,1H3. The Kier molecular flexibility index (Phi) is 3.36. The molecule has 5 heteroatoms. The Morgan fingerprint density at radius 3 is 3.00 bits per heavy atom. The summed E-state index contributed by atoms with van der Waals surface area (Å²) >= 11 is 3.14. The number of nitrogens with zero attached hydrogens (tertiary/aromatic N) is 2. The van der Waals surface area contributed by atoms with Gasteiger partial charge in [-0.3, -0.25) is 9.36 Å². The number of aromatic nitrogens is 2. The number of aryl methyl sites for hydroxylation is 2. The number of hydrogen-bond acceptors (Lipinski definition) is 3. The molecule has 0 aliphatic carbocycles. The van der Waals surface area contributed by atoms with Gasteiger partial charge in [-0.1, -0.05) is 0 Å². The topological polar surface area (TPSA) is 52.0 Å². The Morgan fingerprint density at radius 1 is 1.69 bits per heavy atom. The van der Waals surface area contributed by atoms with Gasteiger partial charge in [0.1, 0.15) is 10.8 Å². The lowest BCUT2D eigenvalue weighted by atomic mass is 10.4. The van der Waals surface area contributed by atoms with Crippen LogP contribution in [0.5, 0.6) is 0 Å². The van der Waals surface area contributed by atoms with Gasteiger partial charge in [0.2, 0.25) is 0 Å². The molecular formula is C8H9BrN2O2. The van der Waals surface area contributed by atoms with Gasteiger partial charge in [-0.15, -0.1) is 0 Å². The lowest BCUT2D eigenvalue weighted by Crippen LogP contribution is -2.22. The number of rotatable bonds is 3. The van der Waals surface area contributed by atoms with Crippen LogP contribution in [0.2, 0.25) is 0 Å². The zero-order valence-electron chi connectivity index (χ0n) is 7.16. The van der Waals surface area contributed by atoms with Crippen LogP contribution in [-0.4, -0.2) is 15.8 Å². The summed E-state index contributed by atoms with van der Waals surface area (Å²) in [5, 5.41) is 0. The van der Waals surface area contributed by atoms with Crippen molar-refractivity contribution in [3.63, 3.8) is 0 Å². The molecule has 0 aliphatic heterocycles. The highest BCUT2D eigenvalue weighted by molar-refractivity contribution is 9.10. The fraction of sp³-hybridized carbons (Fsp3) is 0.375. The fourth-order valence-corrected chi connectivity index (χ4v) is 1.23. The van der Waals surface area contributed by atoms with Gasteiger partial charge in [-0.25, -0.2) is 4.98 Å². The molecule has 4 nitrogen and oxygen atoms in total. The Labute approximate surface area is 83.7 Å². The van der Waals surface area contributed by atoms with Gasteiger partial charge in [0.15, 0.2) is 0 Å². The minimum Gasteiger partial charge on any atom is -0.303 e. The summed E-state index contributed by atoms with van der Waals surface area (Å²) in [6.45, 7) is 2.13. The molecule has 0 radical (unpaired) electrons. The van der Waals surface area contributed by atoms with E-state index in [1.165, 1.54) is 10.9 Å². The Hall–Kier alpha value is -0.970. The summed E-state index contributed by atoms with van der Waals surface area (Å²) in [5.74, 6) is 0. The highest BCUT2D eigenvalue weighted by Gasteiger charge is 2.03. The average molecular weight is 245 g/mol. The minimum atomic E-state index is -0.144. The molecule has 1 aromatic heterocycles. The van der Waals surface area contributed by atoms with E-state index in [1.54, 1.807) is 6.92 Å². The second-order valence-corrected chi connectivity index (χ2v) is 3.39. The van der Waals surface area contributed by atoms with Crippen LogP contribution in [0.1, 0.15) is 12.1 Å². The van der Waals surface area contributed by atoms with Gasteiger partial charge in [0.05, 0.1) is 12.0 Å². The molecule has 0 N–H and O–H groups in total. The number of carbonyl (C=O) groups is 1. The average Bonchev–Trinajstić information content (AvgIpc) is 2.13. The first-order valence-corrected chi connectivity index (χ1v) is 4.61. The summed E-state index contributed by atoms with van der Waals surface area (Å²) in [6.07, 6.45) is 2.56. The summed E-state index contributed by atoms with van der Waals surface area (Å²) < 4.78 is 1.87. The first-order chi connectivity index (χ1) is 6.16. The van der Waals surface area contributed by atoms with E-state index in [0.717, 1.165) is 6.29 Å². The number of carbonyl (C=O) groups excluding carboxylic acids is 1. The molecule has 0 aliphatic rings. The van der Waals surface area contributed by atoms with E-state index in [2.05, 4.69) is 20.9 Å². The zero-order chi connectivity index (χ0) is 9.84. The molecule has 0 saturated heterocycles. The molecule has 0 atom stereocenters. The van der Waals surface area contributed by atoms with Crippen molar-refractivity contribution in [3.05, 3.63) is 26.8 Å². The van der Waals surface area contributed by atoms with Crippen molar-refractivity contribution >= 4 is 22.2 Å². The SMILES string of the molecule is Cc1ncn(CCC=O)c(=O)c1Br. The van der Waals surface area contributed by atoms with Crippen LogP contribution in [0.25, 0.3) is 0 Å². The molecule has 0 saturated carbocycles. The highest BCUT2D eigenvalue weighted by atomic mass is 79.9. The molecule has 1 heterocycles. The fourth-order valence-electron chi connectivity index (χ4n) is 0.897. The molecule has 0 bridgehead atoms. The van der Waals surface area contributed by atoms with Crippen LogP contribution < -0.4 is 5.56 Å². The van der Waals surface area contributed by atoms with E-state index in [4.69, 9.17) is 0 Å². The second-order valence-electron chi connectivity index (χ2n) is 2.60. The van der Waals surface area contributed by atoms with E-state index in [-0.39, 0.29) is 5.56 Å². The van der Waals surface area contributed by atoms with Crippen molar-refractivity contribution in [2.75, 3.05) is 0 Å². The van der Waals surface area contributed by atoms with Crippen molar-refractivity contribution in [1.29, 1.82) is 0 Å². The summed E-state index contributed by atoms with van der Waals surface area (Å²) in [4.78, 5) is 25.5. The highest BCUT2D eigenvalue weighted by Crippen LogP contribution is 2.05. The van der Waals surface area contributed by atoms with E-state index in [9.17, 15) is 9.59 Å². The van der Waals surface area contributed by atoms with Crippen LogP contribution in [0.15, 0.2) is 15.6 Å². The Balaban J connectivity index is 3.04. The molecule has 70 valence electrons. The van der Waals surface area contributed by atoms with E-state index in [1.807, 2.05) is 0 Å². The third-order valence-electron chi connectivity index (χ3n) is 1.64. The van der Waals surface area contributed by atoms with E-state index in [0.29, 0.717) is 23.1 Å². The van der Waals surface area contributed by atoms with Crippen LogP contribution >= 0.6 is 15.9 Å². The van der Waals surface area contributed by atoms with Crippen LogP contribution in [-0.2, 0) is 11.3 Å². The van der Waals surface area contributed by atoms with Crippen molar-refractivity contribution in [2.24, 2.45) is 0 Å². The predicted octanol–water partition coefficient (Wildman–Crippen LogP) is 0.903. The maximum atomic E-state index is 11.5. The molecule has 13 heavy (non-hydrogen) atoms. The van der Waals surface area contributed by atoms with Gasteiger partial charge < -0.3 is 4.79 Å². The molecule has 1 aromatic rings. The quantitative estimate of drug-likeness (QED) is 0.743. The third-order valence-corrected chi connectivity index (χ3v) is 2.56. The molecule has 0 fully saturated rings. The minimum absolute atomic E-state index is 0.144. The van der Waals surface area contributed by atoms with Crippen LogP contribution in [0.4, 0.5) is 0 Å². The van der Waals surface area contributed by atoms with Crippen LogP contribution in [0.3, 0.4) is 0 Å². The smallest absolute Gasteiger partial charge is 0.267 e. The number of hydrogen-bond donors (Lipinski definition) is 0. The van der Waals surface area contributed by atoms with Gasteiger partial charge in [-0.05, 0) is 22.9 Å². The van der Waals surface area contributed by atoms with Crippen molar-refractivity contribution < 1.29 is 4.79 Å². The van der Waals surface area contributed by atoms with Crippen molar-refractivity contribution in [3.8, 4) is 0 Å². The monoisotopic (exact) mass is 244 g/mol. The number of aldehydes is 1. The first-order valence-electron chi connectivity index (χ1n) is 3.82. The normalized spacial score (nSPS) is 10.0. The lowest BCUT2D eigenvalue weighted by molar-refractivity contribution is -0.108. The largest absolute Gasteiger partial charge is 0.303 e. The lowest BCUT2D eigenvalue weighted by Gasteiger charge is -2.03. The zero-order valence-corrected chi connectivity index (χ0v) is 8.74. The van der Waals surface area contributed by atoms with Crippen molar-refractivity contribution in [1.82, 2.24) is 9.55 Å². The maximum absolute atomic E-state index is 11.5. The molecule has 0 amide bonds. The predicted molar refractivity (Wildman–Crippen MR) is 51.6 cm³/mol. The van der Waals surface area contributed by atoms with Gasteiger partial charge in [0.25, 0.3) is 5.56 Å². The summed E-state index contributed by atoms with van der Waals surface area (Å²) in [5.41, 5.74) is 0.515. The second kappa shape index (κ2) is 4.32. The number of halogens is 1. The van der Waals surface area contributed by atoms with Crippen LogP contribution in [0, 0.1) is 6.92 Å². The Bertz CT molecular complexity index is 373. The molecular weight excluding hydrogens is 236 g/mol. The van der Waals surface area contributed by atoms with Crippen molar-refractivity contribution in [2.45, 2.75) is 19.9 Å². The van der Waals surface area contributed by atoms with Gasteiger partial charge in [-0.2, -0.15) is 0 Å². The molecule has 1 rings (SSSR count). The van der Waals surface area contributed by atoms with E-state index >= 15 is 0 Å². The molecule has 0 aromatic carbocycles. The first kappa shape index (κ1) is 10.1. The summed E-state index contributed by atoms with van der Waals surface area (Å²) in [6, 6.07) is 0. The van der Waals surface area contributed by atoms with Gasteiger partial charge >= 0.3 is 0 Å². The third kappa shape index (κ3) is 2.24. The molecule has 0 spiro atoms. The summed E-state index contributed by atoms with van der Waals surface area (Å²) in [7, 11) is 0. The maximum Gasteiger partial charge on any atom is 0.267 e. The van der Waals surface area contributed by atoms with Gasteiger partial charge in [0, 0.05) is 13.0 Å². The van der Waals surface area contributed by atoms with E-state index < -0.39 is 0 Å². The Morgan fingerprint density at radius 2 is 2.38 bits per heavy atom. The molecule has 0 unspecified atom stereocenters.